The van der Waals surface area contributed by atoms with Crippen molar-refractivity contribution in [2.24, 2.45) is 5.92 Å². The van der Waals surface area contributed by atoms with Gasteiger partial charge in [0.2, 0.25) is 5.91 Å². The molecule has 0 aromatic carbocycles. The fourth-order valence-corrected chi connectivity index (χ4v) is 1.64. The molecule has 1 aliphatic carbocycles. The number of carbonyl (C=O) groups excluding carboxylic acids is 1. The van der Waals surface area contributed by atoms with E-state index >= 15 is 0 Å². The van der Waals surface area contributed by atoms with Crippen LogP contribution in [0.3, 0.4) is 0 Å². The van der Waals surface area contributed by atoms with Gasteiger partial charge in [-0.25, -0.2) is 0 Å². The Balaban J connectivity index is 0.000000845. The van der Waals surface area contributed by atoms with Gasteiger partial charge >= 0.3 is 0 Å². The zero-order chi connectivity index (χ0) is 8.39. The predicted molar refractivity (Wildman–Crippen MR) is 54.0 cm³/mol. The average molecular weight is 205 g/mol. The minimum Gasteiger partial charge on any atom is -0.354 e. The van der Waals surface area contributed by atoms with Gasteiger partial charge in [0.15, 0.2) is 0 Å². The summed E-state index contributed by atoms with van der Waals surface area (Å²) in [6.07, 6.45) is 4.67. The van der Waals surface area contributed by atoms with E-state index in [0.29, 0.717) is 12.0 Å². The first kappa shape index (κ1) is 10.8. The molecule has 2 rings (SSSR count). The van der Waals surface area contributed by atoms with Crippen molar-refractivity contribution in [1.29, 1.82) is 0 Å². The fourth-order valence-electron chi connectivity index (χ4n) is 1.64. The molecule has 0 bridgehead atoms. The molecular weight excluding hydrogens is 188 g/mol. The minimum atomic E-state index is 0. The van der Waals surface area contributed by atoms with E-state index in [-0.39, 0.29) is 18.3 Å². The normalized spacial score (nSPS) is 26.6. The lowest BCUT2D eigenvalue weighted by molar-refractivity contribution is -0.122. The van der Waals surface area contributed by atoms with Crippen LogP contribution in [0.5, 0.6) is 0 Å². The van der Waals surface area contributed by atoms with Crippen LogP contribution in [-0.4, -0.2) is 25.0 Å². The summed E-state index contributed by atoms with van der Waals surface area (Å²) in [5, 5.41) is 6.34. The van der Waals surface area contributed by atoms with Crippen molar-refractivity contribution in [2.75, 3.05) is 13.1 Å². The van der Waals surface area contributed by atoms with E-state index in [2.05, 4.69) is 10.6 Å². The summed E-state index contributed by atoms with van der Waals surface area (Å²) in [7, 11) is 0. The number of hydrogen-bond acceptors (Lipinski definition) is 2. The zero-order valence-electron chi connectivity index (χ0n) is 7.71. The summed E-state index contributed by atoms with van der Waals surface area (Å²) in [6.45, 7) is 1.94. The number of nitrogens with one attached hydrogen (secondary N) is 2. The Hall–Kier alpha value is -0.280. The average Bonchev–Trinajstić information content (AvgIpc) is 2.80. The van der Waals surface area contributed by atoms with Crippen molar-refractivity contribution in [1.82, 2.24) is 10.6 Å². The Morgan fingerprint density at radius 3 is 2.69 bits per heavy atom. The molecule has 0 radical (unpaired) electrons. The molecule has 1 amide bonds. The van der Waals surface area contributed by atoms with Gasteiger partial charge in [-0.05, 0) is 32.2 Å². The highest BCUT2D eigenvalue weighted by Crippen LogP contribution is 2.28. The second kappa shape index (κ2) is 4.82. The lowest BCUT2D eigenvalue weighted by atomic mass is 10.2. The van der Waals surface area contributed by atoms with E-state index in [1.165, 1.54) is 12.8 Å². The maximum atomic E-state index is 11.2. The molecule has 0 aromatic heterocycles. The van der Waals surface area contributed by atoms with Crippen LogP contribution in [0.2, 0.25) is 0 Å². The van der Waals surface area contributed by atoms with Gasteiger partial charge in [-0.1, -0.05) is 0 Å². The molecular formula is C9H17ClN2O. The van der Waals surface area contributed by atoms with Crippen LogP contribution < -0.4 is 10.6 Å². The van der Waals surface area contributed by atoms with Gasteiger partial charge < -0.3 is 10.6 Å². The first-order valence-corrected chi connectivity index (χ1v) is 4.87. The van der Waals surface area contributed by atoms with Crippen molar-refractivity contribution in [3.8, 4) is 0 Å². The molecule has 76 valence electrons. The number of halogens is 1. The summed E-state index contributed by atoms with van der Waals surface area (Å²) < 4.78 is 0. The van der Waals surface area contributed by atoms with Gasteiger partial charge in [0.1, 0.15) is 0 Å². The number of rotatable bonds is 3. The Bertz CT molecular complexity index is 176. The summed E-state index contributed by atoms with van der Waals surface area (Å²) in [6, 6.07) is 0.535. The molecule has 1 atom stereocenters. The van der Waals surface area contributed by atoms with Gasteiger partial charge in [-0.2, -0.15) is 0 Å². The molecule has 2 N–H and O–H groups in total. The van der Waals surface area contributed by atoms with E-state index in [1.54, 1.807) is 0 Å². The van der Waals surface area contributed by atoms with E-state index in [9.17, 15) is 4.79 Å². The molecule has 1 heterocycles. The van der Waals surface area contributed by atoms with Gasteiger partial charge in [-0.15, -0.1) is 12.4 Å². The van der Waals surface area contributed by atoms with Crippen molar-refractivity contribution in [2.45, 2.75) is 31.7 Å². The molecule has 0 aromatic rings. The second-order valence-corrected chi connectivity index (χ2v) is 3.81. The van der Waals surface area contributed by atoms with Crippen LogP contribution in [0, 0.1) is 5.92 Å². The predicted octanol–water partition coefficient (Wildman–Crippen LogP) is 0.686. The first-order valence-electron chi connectivity index (χ1n) is 4.87. The Kier molecular flexibility index (Phi) is 4.00. The smallest absolute Gasteiger partial charge is 0.223 e. The highest BCUT2D eigenvalue weighted by Gasteiger charge is 2.29. The van der Waals surface area contributed by atoms with Crippen LogP contribution in [0.4, 0.5) is 0 Å². The lowest BCUT2D eigenvalue weighted by Crippen LogP contribution is -2.37. The standard InChI is InChI=1S/C9H16N2O.ClH/c12-9(7-3-4-7)11-6-8-2-1-5-10-8;/h7-8,10H,1-6H2,(H,11,12);1H/t8-;/m1./s1. The third-order valence-electron chi connectivity index (χ3n) is 2.63. The molecule has 2 aliphatic rings. The number of hydrogen-bond donors (Lipinski definition) is 2. The van der Waals surface area contributed by atoms with Crippen molar-refractivity contribution in [3.05, 3.63) is 0 Å². The van der Waals surface area contributed by atoms with E-state index < -0.39 is 0 Å². The topological polar surface area (TPSA) is 41.1 Å². The molecule has 0 unspecified atom stereocenters. The number of carbonyl (C=O) groups is 1. The first-order chi connectivity index (χ1) is 5.86. The molecule has 13 heavy (non-hydrogen) atoms. The van der Waals surface area contributed by atoms with Gasteiger partial charge in [-0.3, -0.25) is 4.79 Å². The fraction of sp³-hybridized carbons (Fsp3) is 0.889. The van der Waals surface area contributed by atoms with E-state index in [4.69, 9.17) is 0 Å². The van der Waals surface area contributed by atoms with Crippen LogP contribution in [-0.2, 0) is 4.79 Å². The lowest BCUT2D eigenvalue weighted by Gasteiger charge is -2.10. The second-order valence-electron chi connectivity index (χ2n) is 3.81. The molecule has 1 saturated carbocycles. The Morgan fingerprint density at radius 1 is 1.38 bits per heavy atom. The van der Waals surface area contributed by atoms with Gasteiger partial charge in [0.05, 0.1) is 0 Å². The van der Waals surface area contributed by atoms with Crippen LogP contribution in [0.15, 0.2) is 0 Å². The van der Waals surface area contributed by atoms with Crippen molar-refractivity contribution >= 4 is 18.3 Å². The zero-order valence-corrected chi connectivity index (χ0v) is 8.53. The molecule has 2 fully saturated rings. The molecule has 1 saturated heterocycles. The minimum absolute atomic E-state index is 0. The summed E-state index contributed by atoms with van der Waals surface area (Å²) in [5.74, 6) is 0.620. The van der Waals surface area contributed by atoms with Crippen LogP contribution >= 0.6 is 12.4 Å². The SMILES string of the molecule is Cl.O=C(NC[C@H]1CCCN1)C1CC1. The van der Waals surface area contributed by atoms with Crippen molar-refractivity contribution < 1.29 is 4.79 Å². The van der Waals surface area contributed by atoms with Crippen LogP contribution in [0.25, 0.3) is 0 Å². The quantitative estimate of drug-likeness (QED) is 0.710. The van der Waals surface area contributed by atoms with E-state index in [1.807, 2.05) is 0 Å². The summed E-state index contributed by atoms with van der Waals surface area (Å²) in [5.41, 5.74) is 0. The van der Waals surface area contributed by atoms with Crippen molar-refractivity contribution in [3.63, 3.8) is 0 Å². The van der Waals surface area contributed by atoms with Gasteiger partial charge in [0.25, 0.3) is 0 Å². The molecule has 1 aliphatic heterocycles. The van der Waals surface area contributed by atoms with E-state index in [0.717, 1.165) is 25.9 Å². The highest BCUT2D eigenvalue weighted by atomic mass is 35.5. The molecule has 4 heteroatoms. The Labute approximate surface area is 85.1 Å². The maximum absolute atomic E-state index is 11.2. The maximum Gasteiger partial charge on any atom is 0.223 e. The third-order valence-corrected chi connectivity index (χ3v) is 2.63. The van der Waals surface area contributed by atoms with Crippen LogP contribution in [0.1, 0.15) is 25.7 Å². The molecule has 0 spiro atoms. The van der Waals surface area contributed by atoms with Gasteiger partial charge in [0, 0.05) is 18.5 Å². The number of amides is 1. The highest BCUT2D eigenvalue weighted by molar-refractivity contribution is 5.85. The Morgan fingerprint density at radius 2 is 2.15 bits per heavy atom. The summed E-state index contributed by atoms with van der Waals surface area (Å²) in [4.78, 5) is 11.2. The third kappa shape index (κ3) is 3.16. The largest absolute Gasteiger partial charge is 0.354 e. The molecule has 3 nitrogen and oxygen atoms in total. The monoisotopic (exact) mass is 204 g/mol. The summed E-state index contributed by atoms with van der Waals surface area (Å²) >= 11 is 0.